The number of aliphatic hydroxyl groups excluding tert-OH is 1. The molecule has 1 rings (SSSR count). The quantitative estimate of drug-likeness (QED) is 0.683. The highest BCUT2D eigenvalue weighted by Gasteiger charge is 2.16. The standard InChI is InChI=1S/C9H13N3O2/c1-9(2,6-14)12-8-4-10-7(5-13)3-11-8/h3-5,14H,6H2,1-2H3,(H,11,12). The number of carbonyl (C=O) groups excluding carboxylic acids is 1. The van der Waals surface area contributed by atoms with Crippen molar-refractivity contribution in [3.8, 4) is 0 Å². The van der Waals surface area contributed by atoms with E-state index in [0.717, 1.165) is 0 Å². The number of rotatable bonds is 4. The van der Waals surface area contributed by atoms with Crippen molar-refractivity contribution < 1.29 is 9.90 Å². The SMILES string of the molecule is CC(C)(CO)Nc1cnc(C=O)cn1. The molecular weight excluding hydrogens is 182 g/mol. The summed E-state index contributed by atoms with van der Waals surface area (Å²) in [5.74, 6) is 0.537. The molecule has 14 heavy (non-hydrogen) atoms. The molecule has 0 unspecified atom stereocenters. The van der Waals surface area contributed by atoms with Crippen LogP contribution in [-0.2, 0) is 0 Å². The van der Waals surface area contributed by atoms with Gasteiger partial charge in [-0.15, -0.1) is 0 Å². The van der Waals surface area contributed by atoms with Crippen LogP contribution in [0.2, 0.25) is 0 Å². The smallest absolute Gasteiger partial charge is 0.170 e. The van der Waals surface area contributed by atoms with Gasteiger partial charge in [0.25, 0.3) is 0 Å². The first-order valence-corrected chi connectivity index (χ1v) is 4.24. The molecule has 0 fully saturated rings. The van der Waals surface area contributed by atoms with Crippen molar-refractivity contribution in [2.45, 2.75) is 19.4 Å². The molecule has 0 aromatic carbocycles. The number of hydrogen-bond acceptors (Lipinski definition) is 5. The minimum Gasteiger partial charge on any atom is -0.394 e. The van der Waals surface area contributed by atoms with Crippen LogP contribution in [0.3, 0.4) is 0 Å². The first-order valence-electron chi connectivity index (χ1n) is 4.24. The molecule has 5 nitrogen and oxygen atoms in total. The summed E-state index contributed by atoms with van der Waals surface area (Å²) in [6, 6.07) is 0. The summed E-state index contributed by atoms with van der Waals surface area (Å²) >= 11 is 0. The number of aromatic nitrogens is 2. The Balaban J connectivity index is 2.73. The third-order valence-electron chi connectivity index (χ3n) is 1.65. The highest BCUT2D eigenvalue weighted by molar-refractivity contribution is 5.71. The molecule has 0 spiro atoms. The first kappa shape index (κ1) is 10.6. The molecule has 0 bridgehead atoms. The van der Waals surface area contributed by atoms with Crippen molar-refractivity contribution in [1.29, 1.82) is 0 Å². The lowest BCUT2D eigenvalue weighted by molar-refractivity contribution is 0.111. The predicted molar refractivity (Wildman–Crippen MR) is 52.2 cm³/mol. The van der Waals surface area contributed by atoms with Crippen LogP contribution in [0, 0.1) is 0 Å². The van der Waals surface area contributed by atoms with Crippen LogP contribution in [0.4, 0.5) is 5.82 Å². The van der Waals surface area contributed by atoms with Crippen molar-refractivity contribution in [2.24, 2.45) is 0 Å². The molecule has 0 atom stereocenters. The zero-order valence-corrected chi connectivity index (χ0v) is 8.19. The minimum absolute atomic E-state index is 0.00981. The van der Waals surface area contributed by atoms with Gasteiger partial charge in [-0.05, 0) is 13.8 Å². The lowest BCUT2D eigenvalue weighted by Gasteiger charge is -2.23. The van der Waals surface area contributed by atoms with Gasteiger partial charge in [0.1, 0.15) is 11.5 Å². The normalized spacial score (nSPS) is 11.1. The van der Waals surface area contributed by atoms with Crippen LogP contribution in [0.1, 0.15) is 24.3 Å². The molecule has 0 amide bonds. The number of carbonyl (C=O) groups is 1. The summed E-state index contributed by atoms with van der Waals surface area (Å²) in [5, 5.41) is 12.0. The van der Waals surface area contributed by atoms with Crippen LogP contribution in [0.5, 0.6) is 0 Å². The van der Waals surface area contributed by atoms with Crippen molar-refractivity contribution in [1.82, 2.24) is 9.97 Å². The Hall–Kier alpha value is -1.49. The summed E-state index contributed by atoms with van der Waals surface area (Å²) in [5.41, 5.74) is -0.158. The van der Waals surface area contributed by atoms with Crippen LogP contribution >= 0.6 is 0 Å². The van der Waals surface area contributed by atoms with Gasteiger partial charge in [0.05, 0.1) is 24.5 Å². The summed E-state index contributed by atoms with van der Waals surface area (Å²) in [6.07, 6.45) is 3.47. The predicted octanol–water partition coefficient (Wildman–Crippen LogP) is 0.472. The van der Waals surface area contributed by atoms with E-state index < -0.39 is 5.54 Å². The monoisotopic (exact) mass is 195 g/mol. The van der Waals surface area contributed by atoms with Crippen LogP contribution in [0.15, 0.2) is 12.4 Å². The Labute approximate surface area is 82.2 Å². The third-order valence-corrected chi connectivity index (χ3v) is 1.65. The van der Waals surface area contributed by atoms with Crippen molar-refractivity contribution in [3.05, 3.63) is 18.1 Å². The van der Waals surface area contributed by atoms with Gasteiger partial charge in [0.15, 0.2) is 6.29 Å². The largest absolute Gasteiger partial charge is 0.394 e. The molecule has 76 valence electrons. The minimum atomic E-state index is -0.447. The number of anilines is 1. The molecule has 1 heterocycles. The Morgan fingerprint density at radius 3 is 2.64 bits per heavy atom. The fraction of sp³-hybridized carbons (Fsp3) is 0.444. The Morgan fingerprint density at radius 1 is 1.50 bits per heavy atom. The zero-order chi connectivity index (χ0) is 10.6. The first-order chi connectivity index (χ1) is 6.57. The van der Waals surface area contributed by atoms with Crippen molar-refractivity contribution in [2.75, 3.05) is 11.9 Å². The topological polar surface area (TPSA) is 75.1 Å². The second-order valence-electron chi connectivity index (χ2n) is 3.61. The maximum atomic E-state index is 10.3. The average Bonchev–Trinajstić information content (AvgIpc) is 2.19. The molecule has 5 heteroatoms. The molecule has 0 radical (unpaired) electrons. The van der Waals surface area contributed by atoms with Gasteiger partial charge in [-0.25, -0.2) is 9.97 Å². The van der Waals surface area contributed by atoms with Gasteiger partial charge >= 0.3 is 0 Å². The average molecular weight is 195 g/mol. The van der Waals surface area contributed by atoms with Crippen LogP contribution < -0.4 is 5.32 Å². The summed E-state index contributed by atoms with van der Waals surface area (Å²) < 4.78 is 0. The van der Waals surface area contributed by atoms with Crippen molar-refractivity contribution >= 4 is 12.1 Å². The highest BCUT2D eigenvalue weighted by atomic mass is 16.3. The van der Waals surface area contributed by atoms with Gasteiger partial charge in [0, 0.05) is 0 Å². The van der Waals surface area contributed by atoms with Crippen LogP contribution in [-0.4, -0.2) is 33.5 Å². The van der Waals surface area contributed by atoms with E-state index in [1.807, 2.05) is 13.8 Å². The lowest BCUT2D eigenvalue weighted by atomic mass is 10.1. The molecule has 1 aromatic rings. The van der Waals surface area contributed by atoms with Gasteiger partial charge in [-0.2, -0.15) is 0 Å². The summed E-state index contributed by atoms with van der Waals surface area (Å²) in [7, 11) is 0. The maximum absolute atomic E-state index is 10.3. The van der Waals surface area contributed by atoms with Crippen molar-refractivity contribution in [3.63, 3.8) is 0 Å². The number of aliphatic hydroxyl groups is 1. The highest BCUT2D eigenvalue weighted by Crippen LogP contribution is 2.10. The number of nitrogens with zero attached hydrogens (tertiary/aromatic N) is 2. The molecular formula is C9H13N3O2. The second-order valence-corrected chi connectivity index (χ2v) is 3.61. The molecule has 0 saturated heterocycles. The molecule has 0 aliphatic heterocycles. The van der Waals surface area contributed by atoms with Gasteiger partial charge in [-0.1, -0.05) is 0 Å². The Kier molecular flexibility index (Phi) is 3.14. The number of nitrogens with one attached hydrogen (secondary N) is 1. The van der Waals surface area contributed by atoms with Gasteiger partial charge < -0.3 is 10.4 Å². The fourth-order valence-corrected chi connectivity index (χ4v) is 0.850. The van der Waals surface area contributed by atoms with E-state index in [9.17, 15) is 4.79 Å². The molecule has 0 aliphatic carbocycles. The third kappa shape index (κ3) is 2.77. The van der Waals surface area contributed by atoms with E-state index in [1.54, 1.807) is 0 Å². The Bertz CT molecular complexity index is 308. The molecule has 1 aromatic heterocycles. The van der Waals surface area contributed by atoms with E-state index in [-0.39, 0.29) is 12.3 Å². The van der Waals surface area contributed by atoms with Gasteiger partial charge in [-0.3, -0.25) is 4.79 Å². The van der Waals surface area contributed by atoms with E-state index >= 15 is 0 Å². The number of aldehydes is 1. The lowest BCUT2D eigenvalue weighted by Crippen LogP contribution is -2.35. The summed E-state index contributed by atoms with van der Waals surface area (Å²) in [4.78, 5) is 18.1. The van der Waals surface area contributed by atoms with Gasteiger partial charge in [0.2, 0.25) is 0 Å². The van der Waals surface area contributed by atoms with E-state index in [4.69, 9.17) is 5.11 Å². The fourth-order valence-electron chi connectivity index (χ4n) is 0.850. The molecule has 0 saturated carbocycles. The van der Waals surface area contributed by atoms with E-state index in [1.165, 1.54) is 12.4 Å². The Morgan fingerprint density at radius 2 is 2.21 bits per heavy atom. The number of hydrogen-bond donors (Lipinski definition) is 2. The maximum Gasteiger partial charge on any atom is 0.170 e. The molecule has 0 aliphatic rings. The summed E-state index contributed by atoms with van der Waals surface area (Å²) in [6.45, 7) is 3.66. The van der Waals surface area contributed by atoms with E-state index in [2.05, 4.69) is 15.3 Å². The van der Waals surface area contributed by atoms with Crippen LogP contribution in [0.25, 0.3) is 0 Å². The van der Waals surface area contributed by atoms with E-state index in [0.29, 0.717) is 12.1 Å². The zero-order valence-electron chi connectivity index (χ0n) is 8.19. The molecule has 2 N–H and O–H groups in total. The second kappa shape index (κ2) is 4.15.